The van der Waals surface area contributed by atoms with Gasteiger partial charge >= 0.3 is 6.18 Å². The zero-order valence-electron chi connectivity index (χ0n) is 7.71. The van der Waals surface area contributed by atoms with Gasteiger partial charge in [-0.1, -0.05) is 6.07 Å². The lowest BCUT2D eigenvalue weighted by Crippen LogP contribution is -2.39. The molecule has 0 saturated heterocycles. The molecule has 1 unspecified atom stereocenters. The third kappa shape index (κ3) is 1.99. The number of halogens is 3. The fraction of sp³-hybridized carbons (Fsp3) is 0.333. The first-order chi connectivity index (χ1) is 6.66. The van der Waals surface area contributed by atoms with Crippen LogP contribution in [0.15, 0.2) is 18.2 Å². The van der Waals surface area contributed by atoms with Crippen molar-refractivity contribution in [3.8, 4) is 11.5 Å². The third-order valence-corrected chi connectivity index (χ3v) is 2.09. The van der Waals surface area contributed by atoms with Crippen LogP contribution in [0.1, 0.15) is 12.5 Å². The average Bonchev–Trinajstić information content (AvgIpc) is 2.07. The molecule has 0 amide bonds. The minimum atomic E-state index is -4.85. The average molecular weight is 222 g/mol. The number of hydrogen-bond acceptors (Lipinski definition) is 3. The molecule has 0 saturated carbocycles. The molecule has 0 fully saturated rings. The lowest BCUT2D eigenvalue weighted by Gasteiger charge is -2.26. The summed E-state index contributed by atoms with van der Waals surface area (Å²) in [5, 5.41) is 27.1. The Morgan fingerprint density at radius 3 is 2.00 bits per heavy atom. The molecule has 1 atom stereocenters. The lowest BCUT2D eigenvalue weighted by atomic mass is 9.95. The van der Waals surface area contributed by atoms with Gasteiger partial charge in [0.25, 0.3) is 0 Å². The van der Waals surface area contributed by atoms with Crippen molar-refractivity contribution in [2.45, 2.75) is 18.7 Å². The van der Waals surface area contributed by atoms with E-state index < -0.39 is 28.8 Å². The molecule has 84 valence electrons. The van der Waals surface area contributed by atoms with Gasteiger partial charge in [-0.2, -0.15) is 13.2 Å². The van der Waals surface area contributed by atoms with E-state index in [-0.39, 0.29) is 0 Å². The van der Waals surface area contributed by atoms with Crippen molar-refractivity contribution in [1.29, 1.82) is 0 Å². The standard InChI is InChI=1S/C9H9F3O3/c1-8(15,9(10,11)12)5-2-3-6(13)7(14)4-5/h2-4,13-15H,1H3. The van der Waals surface area contributed by atoms with E-state index in [4.69, 9.17) is 10.2 Å². The van der Waals surface area contributed by atoms with Crippen LogP contribution in [-0.2, 0) is 5.60 Å². The molecule has 0 heterocycles. The van der Waals surface area contributed by atoms with E-state index in [0.29, 0.717) is 13.0 Å². The minimum Gasteiger partial charge on any atom is -0.504 e. The Hall–Kier alpha value is -1.43. The summed E-state index contributed by atoms with van der Waals surface area (Å²) in [7, 11) is 0. The van der Waals surface area contributed by atoms with Gasteiger partial charge in [0.05, 0.1) is 0 Å². The molecule has 0 aliphatic carbocycles. The number of aromatic hydroxyl groups is 2. The molecule has 3 nitrogen and oxygen atoms in total. The third-order valence-electron chi connectivity index (χ3n) is 2.09. The zero-order valence-corrected chi connectivity index (χ0v) is 7.71. The van der Waals surface area contributed by atoms with Gasteiger partial charge < -0.3 is 15.3 Å². The second-order valence-electron chi connectivity index (χ2n) is 3.27. The van der Waals surface area contributed by atoms with Gasteiger partial charge in [-0.05, 0) is 24.6 Å². The quantitative estimate of drug-likeness (QED) is 0.635. The van der Waals surface area contributed by atoms with E-state index in [1.165, 1.54) is 0 Å². The van der Waals surface area contributed by atoms with Crippen LogP contribution < -0.4 is 0 Å². The molecular formula is C9H9F3O3. The van der Waals surface area contributed by atoms with Crippen LogP contribution in [0.2, 0.25) is 0 Å². The summed E-state index contributed by atoms with van der Waals surface area (Å²) in [4.78, 5) is 0. The van der Waals surface area contributed by atoms with E-state index in [2.05, 4.69) is 0 Å². The Morgan fingerprint density at radius 1 is 1.07 bits per heavy atom. The molecule has 0 aliphatic heterocycles. The zero-order chi connectivity index (χ0) is 11.9. The van der Waals surface area contributed by atoms with Crippen molar-refractivity contribution in [3.63, 3.8) is 0 Å². The molecule has 6 heteroatoms. The summed E-state index contributed by atoms with van der Waals surface area (Å²) in [5.41, 5.74) is -3.59. The van der Waals surface area contributed by atoms with Crippen LogP contribution in [0.5, 0.6) is 11.5 Å². The van der Waals surface area contributed by atoms with Crippen LogP contribution >= 0.6 is 0 Å². The Morgan fingerprint density at radius 2 is 1.60 bits per heavy atom. The maximum atomic E-state index is 12.4. The van der Waals surface area contributed by atoms with E-state index in [0.717, 1.165) is 12.1 Å². The smallest absolute Gasteiger partial charge is 0.421 e. The van der Waals surface area contributed by atoms with Crippen molar-refractivity contribution >= 4 is 0 Å². The predicted octanol–water partition coefficient (Wildman–Crippen LogP) is 1.87. The fourth-order valence-electron chi connectivity index (χ4n) is 0.990. The van der Waals surface area contributed by atoms with Gasteiger partial charge in [-0.15, -0.1) is 0 Å². The second kappa shape index (κ2) is 3.30. The van der Waals surface area contributed by atoms with Gasteiger partial charge in [-0.3, -0.25) is 0 Å². The first-order valence-electron chi connectivity index (χ1n) is 3.98. The summed E-state index contributed by atoms with van der Waals surface area (Å²) in [5.74, 6) is -1.26. The van der Waals surface area contributed by atoms with Crippen molar-refractivity contribution in [2.75, 3.05) is 0 Å². The van der Waals surface area contributed by atoms with Gasteiger partial charge in [0.1, 0.15) is 0 Å². The molecule has 0 spiro atoms. The van der Waals surface area contributed by atoms with Crippen LogP contribution in [0.4, 0.5) is 13.2 Å². The lowest BCUT2D eigenvalue weighted by molar-refractivity contribution is -0.258. The van der Waals surface area contributed by atoms with Crippen LogP contribution in [0.3, 0.4) is 0 Å². The van der Waals surface area contributed by atoms with Gasteiger partial charge in [0.2, 0.25) is 0 Å². The number of phenolic OH excluding ortho intramolecular Hbond substituents is 2. The van der Waals surface area contributed by atoms with E-state index in [1.807, 2.05) is 0 Å². The molecule has 0 radical (unpaired) electrons. The first kappa shape index (κ1) is 11.6. The first-order valence-corrected chi connectivity index (χ1v) is 3.98. The highest BCUT2D eigenvalue weighted by Gasteiger charge is 2.51. The number of alkyl halides is 3. The number of hydrogen-bond donors (Lipinski definition) is 3. The molecule has 0 aliphatic rings. The maximum Gasteiger partial charge on any atom is 0.421 e. The SMILES string of the molecule is CC(O)(c1ccc(O)c(O)c1)C(F)(F)F. The monoisotopic (exact) mass is 222 g/mol. The maximum absolute atomic E-state index is 12.4. The molecule has 1 aromatic carbocycles. The molecule has 0 aromatic heterocycles. The van der Waals surface area contributed by atoms with Crippen molar-refractivity contribution in [2.24, 2.45) is 0 Å². The normalized spacial score (nSPS) is 16.1. The highest BCUT2D eigenvalue weighted by atomic mass is 19.4. The Kier molecular flexibility index (Phi) is 2.56. The van der Waals surface area contributed by atoms with E-state index in [9.17, 15) is 18.3 Å². The largest absolute Gasteiger partial charge is 0.504 e. The highest BCUT2D eigenvalue weighted by Crippen LogP contribution is 2.40. The predicted molar refractivity (Wildman–Crippen MR) is 45.4 cm³/mol. The van der Waals surface area contributed by atoms with Crippen LogP contribution in [0, 0.1) is 0 Å². The fourth-order valence-corrected chi connectivity index (χ4v) is 0.990. The topological polar surface area (TPSA) is 60.7 Å². The summed E-state index contributed by atoms with van der Waals surface area (Å²) >= 11 is 0. The Balaban J connectivity index is 3.22. The molecule has 1 aromatic rings. The van der Waals surface area contributed by atoms with Gasteiger partial charge in [-0.25, -0.2) is 0 Å². The van der Waals surface area contributed by atoms with E-state index >= 15 is 0 Å². The van der Waals surface area contributed by atoms with Crippen LogP contribution in [-0.4, -0.2) is 21.5 Å². The van der Waals surface area contributed by atoms with Crippen molar-refractivity contribution in [3.05, 3.63) is 23.8 Å². The summed E-state index contributed by atoms with van der Waals surface area (Å²) in [6, 6.07) is 2.44. The number of rotatable bonds is 1. The van der Waals surface area contributed by atoms with Crippen LogP contribution in [0.25, 0.3) is 0 Å². The Bertz CT molecular complexity index is 371. The molecule has 0 bridgehead atoms. The minimum absolute atomic E-state index is 0.537. The number of aliphatic hydroxyl groups is 1. The molecular weight excluding hydrogens is 213 g/mol. The number of phenols is 2. The molecule has 3 N–H and O–H groups in total. The second-order valence-corrected chi connectivity index (χ2v) is 3.27. The summed E-state index contributed by atoms with van der Waals surface area (Å²) < 4.78 is 37.1. The summed E-state index contributed by atoms with van der Waals surface area (Å²) in [6.07, 6.45) is -4.85. The van der Waals surface area contributed by atoms with Gasteiger partial charge in [0.15, 0.2) is 17.1 Å². The van der Waals surface area contributed by atoms with Gasteiger partial charge in [0, 0.05) is 0 Å². The Labute approximate surface area is 83.4 Å². The summed E-state index contributed by atoms with van der Waals surface area (Å²) in [6.45, 7) is 0.568. The van der Waals surface area contributed by atoms with E-state index in [1.54, 1.807) is 0 Å². The van der Waals surface area contributed by atoms with Crippen molar-refractivity contribution in [1.82, 2.24) is 0 Å². The highest BCUT2D eigenvalue weighted by molar-refractivity contribution is 5.42. The van der Waals surface area contributed by atoms with Crippen molar-refractivity contribution < 1.29 is 28.5 Å². The molecule has 1 rings (SSSR count). The number of benzene rings is 1. The molecule has 15 heavy (non-hydrogen) atoms.